The van der Waals surface area contributed by atoms with Gasteiger partial charge in [0.05, 0.1) is 22.8 Å². The van der Waals surface area contributed by atoms with Crippen molar-refractivity contribution in [3.63, 3.8) is 0 Å². The molecule has 1 aliphatic rings. The number of esters is 1. The topological polar surface area (TPSA) is 63.8 Å². The van der Waals surface area contributed by atoms with Crippen molar-refractivity contribution >= 4 is 34.5 Å². The number of aliphatic imine (C=N–C) groups is 1. The van der Waals surface area contributed by atoms with Crippen LogP contribution in [0.5, 0.6) is 0 Å². The van der Waals surface area contributed by atoms with Crippen LogP contribution in [0.25, 0.3) is 6.08 Å². The average Bonchev–Trinajstić information content (AvgIpc) is 3.18. The number of aliphatic hydroxyl groups excluding tert-OH is 1. The summed E-state index contributed by atoms with van der Waals surface area (Å²) in [5.74, 6) is -1.11. The second-order valence-electron chi connectivity index (χ2n) is 6.06. The third-order valence-corrected chi connectivity index (χ3v) is 5.06. The van der Waals surface area contributed by atoms with Gasteiger partial charge in [0.1, 0.15) is 16.4 Å². The number of hydrogen-bond donors (Lipinski definition) is 1. The first-order chi connectivity index (χ1) is 13.7. The summed E-state index contributed by atoms with van der Waals surface area (Å²) in [5.41, 5.74) is -0.248. The number of aromatic nitrogens is 1. The molecule has 0 aliphatic carbocycles. The number of nitrogens with zero attached hydrogens (tertiary/aromatic N) is 2. The molecule has 0 amide bonds. The van der Waals surface area contributed by atoms with Gasteiger partial charge in [-0.15, -0.1) is 0 Å². The molecule has 0 bridgehead atoms. The van der Waals surface area contributed by atoms with Crippen LogP contribution in [0, 0.1) is 0 Å². The first kappa shape index (κ1) is 20.8. The molecule has 2 heterocycles. The van der Waals surface area contributed by atoms with Crippen molar-refractivity contribution in [1.29, 1.82) is 0 Å². The van der Waals surface area contributed by atoms with E-state index in [1.165, 1.54) is 12.1 Å². The second-order valence-corrected chi connectivity index (χ2v) is 7.09. The van der Waals surface area contributed by atoms with E-state index in [4.69, 9.17) is 4.74 Å². The lowest BCUT2D eigenvalue weighted by molar-refractivity contribution is -0.138. The van der Waals surface area contributed by atoms with Crippen molar-refractivity contribution in [2.75, 3.05) is 6.61 Å². The van der Waals surface area contributed by atoms with Gasteiger partial charge in [0.15, 0.2) is 0 Å². The van der Waals surface area contributed by atoms with Crippen LogP contribution in [0.4, 0.5) is 18.9 Å². The molecule has 0 atom stereocenters. The highest BCUT2D eigenvalue weighted by Crippen LogP contribution is 2.40. The van der Waals surface area contributed by atoms with Gasteiger partial charge in [-0.3, -0.25) is 0 Å². The highest BCUT2D eigenvalue weighted by molar-refractivity contribution is 8.18. The third kappa shape index (κ3) is 4.56. The number of benzene rings is 1. The van der Waals surface area contributed by atoms with E-state index in [1.807, 2.05) is 29.9 Å². The summed E-state index contributed by atoms with van der Waals surface area (Å²) >= 11 is 0.988. The van der Waals surface area contributed by atoms with Gasteiger partial charge in [0, 0.05) is 18.9 Å². The lowest BCUT2D eigenvalue weighted by Crippen LogP contribution is -2.13. The number of hydrogen-bond acceptors (Lipinski definition) is 5. The molecule has 2 aromatic rings. The smallest absolute Gasteiger partial charge is 0.416 e. The lowest BCUT2D eigenvalue weighted by Gasteiger charge is -2.07. The summed E-state index contributed by atoms with van der Waals surface area (Å²) in [5, 5.41) is 10.7. The van der Waals surface area contributed by atoms with Gasteiger partial charge in [0.2, 0.25) is 0 Å². The van der Waals surface area contributed by atoms with Gasteiger partial charge in [0.25, 0.3) is 0 Å². The third-order valence-electron chi connectivity index (χ3n) is 4.04. The summed E-state index contributed by atoms with van der Waals surface area (Å²) in [6, 6.07) is 8.07. The van der Waals surface area contributed by atoms with E-state index in [-0.39, 0.29) is 28.7 Å². The van der Waals surface area contributed by atoms with Crippen molar-refractivity contribution in [1.82, 2.24) is 4.57 Å². The Morgan fingerprint density at radius 1 is 1.31 bits per heavy atom. The molecule has 0 fully saturated rings. The second kappa shape index (κ2) is 8.20. The molecule has 1 aromatic heterocycles. The van der Waals surface area contributed by atoms with Crippen molar-refractivity contribution in [2.24, 2.45) is 12.0 Å². The van der Waals surface area contributed by atoms with Crippen LogP contribution in [0.1, 0.15) is 18.2 Å². The number of halogens is 3. The molecular weight excluding hydrogens is 405 g/mol. The molecule has 152 valence electrons. The molecule has 3 rings (SSSR count). The van der Waals surface area contributed by atoms with E-state index in [1.54, 1.807) is 13.0 Å². The fourth-order valence-corrected chi connectivity index (χ4v) is 3.64. The van der Waals surface area contributed by atoms with Crippen molar-refractivity contribution in [3.05, 3.63) is 70.1 Å². The Labute approximate surface area is 169 Å². The molecule has 9 heteroatoms. The number of alkyl halides is 3. The fourth-order valence-electron chi connectivity index (χ4n) is 2.62. The summed E-state index contributed by atoms with van der Waals surface area (Å²) in [4.78, 5) is 16.9. The first-order valence-electron chi connectivity index (χ1n) is 8.58. The molecule has 0 saturated carbocycles. The zero-order valence-electron chi connectivity index (χ0n) is 15.5. The minimum absolute atomic E-state index is 0.0111. The highest BCUT2D eigenvalue weighted by Gasteiger charge is 2.34. The molecule has 0 saturated heterocycles. The van der Waals surface area contributed by atoms with Crippen molar-refractivity contribution in [3.8, 4) is 0 Å². The van der Waals surface area contributed by atoms with Gasteiger partial charge in [-0.2, -0.15) is 13.2 Å². The van der Waals surface area contributed by atoms with Gasteiger partial charge in [-0.25, -0.2) is 9.79 Å². The Balaban J connectivity index is 2.06. The predicted molar refractivity (Wildman–Crippen MR) is 106 cm³/mol. The summed E-state index contributed by atoms with van der Waals surface area (Å²) < 4.78 is 45.7. The first-order valence-corrected chi connectivity index (χ1v) is 9.40. The number of aryl methyl sites for hydroxylation is 1. The maximum absolute atomic E-state index is 13.0. The molecule has 29 heavy (non-hydrogen) atoms. The zero-order chi connectivity index (χ0) is 21.2. The van der Waals surface area contributed by atoms with Crippen LogP contribution < -0.4 is 0 Å². The number of thioether (sulfide) groups is 1. The van der Waals surface area contributed by atoms with Crippen LogP contribution >= 0.6 is 11.8 Å². The van der Waals surface area contributed by atoms with Crippen LogP contribution in [0.2, 0.25) is 0 Å². The van der Waals surface area contributed by atoms with Crippen LogP contribution in [0.15, 0.2) is 63.8 Å². The van der Waals surface area contributed by atoms with Crippen LogP contribution in [-0.4, -0.2) is 27.3 Å². The molecule has 1 aromatic carbocycles. The van der Waals surface area contributed by atoms with Crippen LogP contribution in [-0.2, 0) is 22.8 Å². The Kier molecular flexibility index (Phi) is 5.88. The monoisotopic (exact) mass is 422 g/mol. The normalized spacial score (nSPS) is 17.4. The van der Waals surface area contributed by atoms with E-state index < -0.39 is 17.7 Å². The van der Waals surface area contributed by atoms with E-state index in [0.717, 1.165) is 29.6 Å². The predicted octanol–water partition coefficient (Wildman–Crippen LogP) is 5.24. The molecule has 1 N–H and O–H groups in total. The number of ether oxygens (including phenoxy) is 1. The number of carbonyl (C=O) groups excluding carboxylic acids is 1. The molecule has 1 aliphatic heterocycles. The Hall–Kier alpha value is -2.94. The summed E-state index contributed by atoms with van der Waals surface area (Å²) in [6.45, 7) is 1.69. The van der Waals surface area contributed by atoms with E-state index in [2.05, 4.69) is 4.99 Å². The van der Waals surface area contributed by atoms with Gasteiger partial charge in [-0.1, -0.05) is 17.8 Å². The quantitative estimate of drug-likeness (QED) is 0.685. The number of aliphatic hydroxyl groups is 1. The van der Waals surface area contributed by atoms with E-state index in [9.17, 15) is 23.1 Å². The highest BCUT2D eigenvalue weighted by atomic mass is 32.2. The van der Waals surface area contributed by atoms with Gasteiger partial charge >= 0.3 is 12.1 Å². The minimum atomic E-state index is -4.52. The summed E-state index contributed by atoms with van der Waals surface area (Å²) in [7, 11) is 1.82. The number of rotatable bonds is 4. The molecule has 0 unspecified atom stereocenters. The summed E-state index contributed by atoms with van der Waals surface area (Å²) in [6.07, 6.45) is -1.04. The standard InChI is InChI=1S/C20H17F3N2O3S/c1-3-28-19(27)16-17(26)15(11-14-8-5-9-25(14)2)29-18(16)24-13-7-4-6-12(10-13)20(21,22)23/h4-11,26H,3H2,1-2H3. The maximum atomic E-state index is 13.0. The minimum Gasteiger partial charge on any atom is -0.506 e. The van der Waals surface area contributed by atoms with Gasteiger partial charge < -0.3 is 14.4 Å². The molecular formula is C20H17F3N2O3S. The SMILES string of the molecule is CCOC(=O)C1=C(O)C(=Cc2cccn2C)SC1=Nc1cccc(C(F)(F)F)c1. The maximum Gasteiger partial charge on any atom is 0.416 e. The zero-order valence-corrected chi connectivity index (χ0v) is 16.3. The van der Waals surface area contributed by atoms with Crippen LogP contribution in [0.3, 0.4) is 0 Å². The van der Waals surface area contributed by atoms with E-state index in [0.29, 0.717) is 4.91 Å². The fraction of sp³-hybridized carbons (Fsp3) is 0.200. The number of carbonyl (C=O) groups is 1. The Morgan fingerprint density at radius 2 is 2.07 bits per heavy atom. The van der Waals surface area contributed by atoms with Crippen molar-refractivity contribution < 1.29 is 27.8 Å². The lowest BCUT2D eigenvalue weighted by atomic mass is 10.2. The molecule has 0 radical (unpaired) electrons. The molecule has 0 spiro atoms. The molecule has 5 nitrogen and oxygen atoms in total. The van der Waals surface area contributed by atoms with Gasteiger partial charge in [-0.05, 0) is 43.3 Å². The average molecular weight is 422 g/mol. The Bertz CT molecular complexity index is 1040. The van der Waals surface area contributed by atoms with E-state index >= 15 is 0 Å². The Morgan fingerprint density at radius 3 is 2.69 bits per heavy atom. The largest absolute Gasteiger partial charge is 0.506 e. The van der Waals surface area contributed by atoms with Crippen molar-refractivity contribution in [2.45, 2.75) is 13.1 Å².